The lowest BCUT2D eigenvalue weighted by Crippen LogP contribution is -2.49. The lowest BCUT2D eigenvalue weighted by molar-refractivity contribution is -0.150. The van der Waals surface area contributed by atoms with Crippen molar-refractivity contribution in [3.63, 3.8) is 0 Å². The van der Waals surface area contributed by atoms with Crippen LogP contribution in [0.5, 0.6) is 5.75 Å². The van der Waals surface area contributed by atoms with Gasteiger partial charge in [0.1, 0.15) is 16.9 Å². The highest BCUT2D eigenvalue weighted by atomic mass is 19.4. The van der Waals surface area contributed by atoms with E-state index in [1.165, 1.54) is 17.0 Å². The first-order chi connectivity index (χ1) is 14.3. The Morgan fingerprint density at radius 2 is 1.71 bits per heavy atom. The van der Waals surface area contributed by atoms with Crippen LogP contribution in [-0.4, -0.2) is 64.4 Å². The smallest absolute Gasteiger partial charge is 0.420 e. The van der Waals surface area contributed by atoms with Gasteiger partial charge in [0, 0.05) is 45.6 Å². The summed E-state index contributed by atoms with van der Waals surface area (Å²) in [5, 5.41) is 9.27. The number of amides is 1. The molecule has 7 nitrogen and oxygen atoms in total. The predicted molar refractivity (Wildman–Crippen MR) is 105 cm³/mol. The van der Waals surface area contributed by atoms with Crippen molar-refractivity contribution >= 4 is 12.1 Å². The van der Waals surface area contributed by atoms with E-state index in [1.54, 1.807) is 20.8 Å². The van der Waals surface area contributed by atoms with Crippen LogP contribution in [0.25, 0.3) is 0 Å². The number of piperazine rings is 1. The van der Waals surface area contributed by atoms with Crippen molar-refractivity contribution in [1.82, 2.24) is 9.80 Å². The molecule has 3 rings (SSSR count). The first kappa shape index (κ1) is 23.2. The van der Waals surface area contributed by atoms with Gasteiger partial charge in [0.15, 0.2) is 0 Å². The van der Waals surface area contributed by atoms with E-state index < -0.39 is 40.8 Å². The van der Waals surface area contributed by atoms with Crippen LogP contribution in [0.2, 0.25) is 0 Å². The zero-order valence-electron chi connectivity index (χ0n) is 17.8. The molecule has 0 radical (unpaired) electrons. The molecule has 1 aliphatic heterocycles. The molecule has 1 heterocycles. The maximum atomic E-state index is 13.9. The number of aliphatic carboxylic acids is 1. The third kappa shape index (κ3) is 5.61. The van der Waals surface area contributed by atoms with Crippen molar-refractivity contribution in [2.45, 2.75) is 57.5 Å². The Hall–Kier alpha value is -2.49. The van der Waals surface area contributed by atoms with Gasteiger partial charge in [-0.15, -0.1) is 0 Å². The van der Waals surface area contributed by atoms with Gasteiger partial charge in [0.2, 0.25) is 5.60 Å². The number of hydrogen-bond donors (Lipinski definition) is 1. The van der Waals surface area contributed by atoms with Gasteiger partial charge in [-0.3, -0.25) is 4.90 Å². The molecule has 0 unspecified atom stereocenters. The van der Waals surface area contributed by atoms with Gasteiger partial charge in [0.05, 0.1) is 0 Å². The minimum Gasteiger partial charge on any atom is -0.478 e. The lowest BCUT2D eigenvalue weighted by atomic mass is 10.0. The van der Waals surface area contributed by atoms with E-state index in [1.807, 2.05) is 4.90 Å². The highest BCUT2D eigenvalue weighted by Gasteiger charge is 2.54. The molecular weight excluding hydrogens is 417 g/mol. The second kappa shape index (κ2) is 8.22. The molecule has 0 aromatic heterocycles. The van der Waals surface area contributed by atoms with E-state index in [0.29, 0.717) is 26.2 Å². The molecule has 1 aromatic rings. The SMILES string of the molecule is CC(C)(C)OC(=O)N1CCN(Cc2cccc(OC3(C(=O)O)CC3)c2C(F)(F)F)CC1. The van der Waals surface area contributed by atoms with E-state index in [4.69, 9.17) is 9.47 Å². The molecule has 0 atom stereocenters. The zero-order chi connectivity index (χ0) is 23.0. The maximum Gasteiger partial charge on any atom is 0.420 e. The third-order valence-electron chi connectivity index (χ3n) is 5.21. The van der Waals surface area contributed by atoms with Crippen molar-refractivity contribution in [3.05, 3.63) is 29.3 Å². The van der Waals surface area contributed by atoms with Crippen LogP contribution in [0.4, 0.5) is 18.0 Å². The fourth-order valence-corrected chi connectivity index (χ4v) is 3.45. The monoisotopic (exact) mass is 444 g/mol. The molecule has 172 valence electrons. The van der Waals surface area contributed by atoms with Gasteiger partial charge in [-0.2, -0.15) is 13.2 Å². The van der Waals surface area contributed by atoms with Crippen molar-refractivity contribution in [3.8, 4) is 5.75 Å². The Morgan fingerprint density at radius 3 is 2.19 bits per heavy atom. The topological polar surface area (TPSA) is 79.3 Å². The quantitative estimate of drug-likeness (QED) is 0.745. The van der Waals surface area contributed by atoms with Gasteiger partial charge < -0.3 is 19.5 Å². The molecule has 10 heteroatoms. The largest absolute Gasteiger partial charge is 0.478 e. The number of carbonyl (C=O) groups is 2. The van der Waals surface area contributed by atoms with Gasteiger partial charge in [0.25, 0.3) is 0 Å². The van der Waals surface area contributed by atoms with Gasteiger partial charge in [-0.1, -0.05) is 12.1 Å². The van der Waals surface area contributed by atoms with Gasteiger partial charge in [-0.05, 0) is 32.4 Å². The summed E-state index contributed by atoms with van der Waals surface area (Å²) in [5.74, 6) is -1.72. The van der Waals surface area contributed by atoms with E-state index in [2.05, 4.69) is 0 Å². The predicted octanol–water partition coefficient (Wildman–Crippen LogP) is 3.75. The minimum atomic E-state index is -4.70. The number of carboxylic acid groups (broad SMARTS) is 1. The third-order valence-corrected chi connectivity index (χ3v) is 5.21. The number of nitrogens with zero attached hydrogens (tertiary/aromatic N) is 2. The molecule has 2 aliphatic rings. The summed E-state index contributed by atoms with van der Waals surface area (Å²) >= 11 is 0. The number of benzene rings is 1. The molecule has 2 fully saturated rings. The molecule has 31 heavy (non-hydrogen) atoms. The molecule has 1 saturated heterocycles. The minimum absolute atomic E-state index is 0.00821. The summed E-state index contributed by atoms with van der Waals surface area (Å²) in [6.45, 7) is 6.78. The van der Waals surface area contributed by atoms with Crippen LogP contribution >= 0.6 is 0 Å². The Kier molecular flexibility index (Phi) is 6.14. The summed E-state index contributed by atoms with van der Waals surface area (Å²) < 4.78 is 52.3. The number of alkyl halides is 3. The van der Waals surface area contributed by atoms with Crippen LogP contribution in [0, 0.1) is 0 Å². The van der Waals surface area contributed by atoms with Crippen molar-refractivity contribution in [1.29, 1.82) is 0 Å². The Balaban J connectivity index is 1.72. The molecule has 1 aliphatic carbocycles. The van der Waals surface area contributed by atoms with Crippen LogP contribution in [-0.2, 0) is 22.3 Å². The highest BCUT2D eigenvalue weighted by molar-refractivity contribution is 5.81. The summed E-state index contributed by atoms with van der Waals surface area (Å²) in [7, 11) is 0. The van der Waals surface area contributed by atoms with Crippen molar-refractivity contribution in [2.75, 3.05) is 26.2 Å². The number of ether oxygens (including phenoxy) is 2. The number of hydrogen-bond acceptors (Lipinski definition) is 5. The lowest BCUT2D eigenvalue weighted by Gasteiger charge is -2.36. The summed E-state index contributed by atoms with van der Waals surface area (Å²) in [6, 6.07) is 3.97. The van der Waals surface area contributed by atoms with Gasteiger partial charge in [-0.25, -0.2) is 9.59 Å². The molecular formula is C21H27F3N2O5. The summed E-state index contributed by atoms with van der Waals surface area (Å²) in [6.07, 6.45) is -4.78. The average Bonchev–Trinajstić information content (AvgIpc) is 3.41. The first-order valence-electron chi connectivity index (χ1n) is 10.1. The maximum absolute atomic E-state index is 13.9. The van der Waals surface area contributed by atoms with E-state index in [-0.39, 0.29) is 24.9 Å². The average molecular weight is 444 g/mol. The molecule has 0 bridgehead atoms. The molecule has 1 aromatic carbocycles. The molecule has 0 spiro atoms. The Labute approximate surface area is 178 Å². The number of carbonyl (C=O) groups excluding carboxylic acids is 1. The van der Waals surface area contributed by atoms with Crippen LogP contribution in [0.3, 0.4) is 0 Å². The highest BCUT2D eigenvalue weighted by Crippen LogP contribution is 2.46. The van der Waals surface area contributed by atoms with Crippen molar-refractivity contribution < 1.29 is 37.3 Å². The first-order valence-corrected chi connectivity index (χ1v) is 10.1. The fourth-order valence-electron chi connectivity index (χ4n) is 3.45. The van der Waals surface area contributed by atoms with Crippen molar-refractivity contribution in [2.24, 2.45) is 0 Å². The Morgan fingerprint density at radius 1 is 1.10 bits per heavy atom. The second-order valence-electron chi connectivity index (χ2n) is 8.93. The van der Waals surface area contributed by atoms with Crippen LogP contribution < -0.4 is 4.74 Å². The second-order valence-corrected chi connectivity index (χ2v) is 8.93. The van der Waals surface area contributed by atoms with Gasteiger partial charge >= 0.3 is 18.2 Å². The Bertz CT molecular complexity index is 838. The van der Waals surface area contributed by atoms with Crippen LogP contribution in [0.15, 0.2) is 18.2 Å². The fraction of sp³-hybridized carbons (Fsp3) is 0.619. The standard InChI is InChI=1S/C21H27F3N2O5/c1-19(2,3)31-18(29)26-11-9-25(10-12-26)13-14-5-4-6-15(16(14)21(22,23)24)30-20(7-8-20)17(27)28/h4-6H,7-13H2,1-3H3,(H,27,28). The summed E-state index contributed by atoms with van der Waals surface area (Å²) in [4.78, 5) is 26.9. The number of halogens is 3. The summed E-state index contributed by atoms with van der Waals surface area (Å²) in [5.41, 5.74) is -3.13. The molecule has 1 N–H and O–H groups in total. The number of carboxylic acids is 1. The number of rotatable bonds is 5. The zero-order valence-corrected chi connectivity index (χ0v) is 17.8. The van der Waals surface area contributed by atoms with Crippen LogP contribution in [0.1, 0.15) is 44.7 Å². The molecule has 1 saturated carbocycles. The van der Waals surface area contributed by atoms with E-state index in [9.17, 15) is 27.9 Å². The van der Waals surface area contributed by atoms with E-state index in [0.717, 1.165) is 6.07 Å². The molecule has 1 amide bonds. The normalized spacial score (nSPS) is 19.1. The van der Waals surface area contributed by atoms with E-state index >= 15 is 0 Å².